The molecule has 0 saturated carbocycles. The zero-order valence-corrected chi connectivity index (χ0v) is 14.8. The fourth-order valence-corrected chi connectivity index (χ4v) is 2.57. The minimum Gasteiger partial charge on any atom is -0.385 e. The molecule has 1 amide bonds. The van der Waals surface area contributed by atoms with E-state index in [-0.39, 0.29) is 23.5 Å². The van der Waals surface area contributed by atoms with Crippen LogP contribution in [0.15, 0.2) is 29.1 Å². The SMILES string of the molecule is COCCCNC(=O)c1nc2c(nnn2Cc2ccccc2Cl)c(=O)[nH]1. The summed E-state index contributed by atoms with van der Waals surface area (Å²) in [6.07, 6.45) is 0.653. The molecule has 3 rings (SSSR count). The Morgan fingerprint density at radius 2 is 2.19 bits per heavy atom. The highest BCUT2D eigenvalue weighted by Gasteiger charge is 2.16. The van der Waals surface area contributed by atoms with E-state index in [1.165, 1.54) is 4.68 Å². The van der Waals surface area contributed by atoms with Crippen molar-refractivity contribution in [1.29, 1.82) is 0 Å². The standard InChI is InChI=1S/C16H17ClN6O3/c1-26-8-4-7-18-16(25)13-19-14-12(15(24)20-13)21-22-23(14)9-10-5-2-3-6-11(10)17/h2-3,5-6H,4,7-9H2,1H3,(H,18,25)(H,19,20,24). The lowest BCUT2D eigenvalue weighted by atomic mass is 10.2. The predicted octanol–water partition coefficient (Wildman–Crippen LogP) is 0.983. The van der Waals surface area contributed by atoms with Gasteiger partial charge in [-0.3, -0.25) is 9.59 Å². The summed E-state index contributed by atoms with van der Waals surface area (Å²) in [7, 11) is 1.59. The Morgan fingerprint density at radius 3 is 2.96 bits per heavy atom. The molecule has 10 heteroatoms. The summed E-state index contributed by atoms with van der Waals surface area (Å²) in [4.78, 5) is 31.0. The number of amides is 1. The third-order valence-electron chi connectivity index (χ3n) is 3.68. The van der Waals surface area contributed by atoms with E-state index in [4.69, 9.17) is 16.3 Å². The summed E-state index contributed by atoms with van der Waals surface area (Å²) in [6.45, 7) is 1.21. The maximum atomic E-state index is 12.2. The number of benzene rings is 1. The number of hydrogen-bond acceptors (Lipinski definition) is 6. The Balaban J connectivity index is 1.88. The molecule has 2 aromatic heterocycles. The molecule has 0 radical (unpaired) electrons. The predicted molar refractivity (Wildman–Crippen MR) is 95.3 cm³/mol. The number of nitrogens with one attached hydrogen (secondary N) is 2. The number of fused-ring (bicyclic) bond motifs is 1. The van der Waals surface area contributed by atoms with Gasteiger partial charge in [0.15, 0.2) is 11.2 Å². The van der Waals surface area contributed by atoms with E-state index in [1.54, 1.807) is 13.2 Å². The first-order chi connectivity index (χ1) is 12.6. The van der Waals surface area contributed by atoms with Crippen LogP contribution in [0.2, 0.25) is 5.02 Å². The molecule has 0 saturated heterocycles. The van der Waals surface area contributed by atoms with Crippen LogP contribution in [0.3, 0.4) is 0 Å². The maximum absolute atomic E-state index is 12.2. The lowest BCUT2D eigenvalue weighted by molar-refractivity contribution is 0.0938. The Bertz CT molecular complexity index is 984. The minimum atomic E-state index is -0.526. The van der Waals surface area contributed by atoms with E-state index in [2.05, 4.69) is 25.6 Å². The van der Waals surface area contributed by atoms with Crippen molar-refractivity contribution >= 4 is 28.7 Å². The molecular weight excluding hydrogens is 360 g/mol. The smallest absolute Gasteiger partial charge is 0.287 e. The van der Waals surface area contributed by atoms with Crippen molar-refractivity contribution in [2.45, 2.75) is 13.0 Å². The number of aromatic amines is 1. The summed E-state index contributed by atoms with van der Waals surface area (Å²) >= 11 is 6.16. The van der Waals surface area contributed by atoms with Gasteiger partial charge in [-0.1, -0.05) is 35.0 Å². The first-order valence-electron chi connectivity index (χ1n) is 7.94. The van der Waals surface area contributed by atoms with Gasteiger partial charge in [0.25, 0.3) is 11.5 Å². The van der Waals surface area contributed by atoms with Crippen LogP contribution in [-0.4, -0.2) is 51.1 Å². The number of H-pyrrole nitrogens is 1. The van der Waals surface area contributed by atoms with Gasteiger partial charge in [0.1, 0.15) is 0 Å². The van der Waals surface area contributed by atoms with Crippen LogP contribution >= 0.6 is 11.6 Å². The fourth-order valence-electron chi connectivity index (χ4n) is 2.37. The van der Waals surface area contributed by atoms with Gasteiger partial charge in [-0.25, -0.2) is 9.67 Å². The number of rotatable bonds is 7. The van der Waals surface area contributed by atoms with E-state index in [1.807, 2.05) is 18.2 Å². The van der Waals surface area contributed by atoms with Gasteiger partial charge in [0.2, 0.25) is 5.82 Å². The Morgan fingerprint density at radius 1 is 1.38 bits per heavy atom. The van der Waals surface area contributed by atoms with Crippen LogP contribution < -0.4 is 10.9 Å². The summed E-state index contributed by atoms with van der Waals surface area (Å²) in [5, 5.41) is 11.0. The molecule has 0 aliphatic heterocycles. The molecule has 2 heterocycles. The molecule has 0 atom stereocenters. The zero-order chi connectivity index (χ0) is 18.5. The molecule has 1 aromatic carbocycles. The van der Waals surface area contributed by atoms with Gasteiger partial charge in [0, 0.05) is 25.3 Å². The number of ether oxygens (including phenoxy) is 1. The number of aromatic nitrogens is 5. The second-order valence-electron chi connectivity index (χ2n) is 5.53. The zero-order valence-electron chi connectivity index (χ0n) is 14.0. The largest absolute Gasteiger partial charge is 0.385 e. The Hall–Kier alpha value is -2.78. The second-order valence-corrected chi connectivity index (χ2v) is 5.93. The first kappa shape index (κ1) is 18.0. The topological polar surface area (TPSA) is 115 Å². The van der Waals surface area contributed by atoms with E-state index < -0.39 is 11.5 Å². The maximum Gasteiger partial charge on any atom is 0.287 e. The van der Waals surface area contributed by atoms with Gasteiger partial charge in [-0.15, -0.1) is 5.10 Å². The van der Waals surface area contributed by atoms with Crippen molar-refractivity contribution in [3.8, 4) is 0 Å². The van der Waals surface area contributed by atoms with Crippen molar-refractivity contribution in [3.05, 3.63) is 51.0 Å². The third-order valence-corrected chi connectivity index (χ3v) is 4.05. The van der Waals surface area contributed by atoms with Crippen molar-refractivity contribution in [3.63, 3.8) is 0 Å². The van der Waals surface area contributed by atoms with Gasteiger partial charge in [-0.05, 0) is 18.1 Å². The molecule has 9 nitrogen and oxygen atoms in total. The Labute approximate surface area is 153 Å². The number of methoxy groups -OCH3 is 1. The highest BCUT2D eigenvalue weighted by molar-refractivity contribution is 6.31. The van der Waals surface area contributed by atoms with Crippen LogP contribution in [0.4, 0.5) is 0 Å². The highest BCUT2D eigenvalue weighted by Crippen LogP contribution is 2.17. The number of carbonyl (C=O) groups is 1. The quantitative estimate of drug-likeness (QED) is 0.594. The van der Waals surface area contributed by atoms with Gasteiger partial charge < -0.3 is 15.0 Å². The molecule has 136 valence electrons. The molecule has 0 aliphatic rings. The van der Waals surface area contributed by atoms with Crippen molar-refractivity contribution in [2.24, 2.45) is 0 Å². The molecule has 0 spiro atoms. The van der Waals surface area contributed by atoms with Crippen LogP contribution in [-0.2, 0) is 11.3 Å². The van der Waals surface area contributed by atoms with Crippen molar-refractivity contribution in [2.75, 3.05) is 20.3 Å². The average Bonchev–Trinajstić information content (AvgIpc) is 3.04. The third kappa shape index (κ3) is 3.89. The normalized spacial score (nSPS) is 11.0. The van der Waals surface area contributed by atoms with Crippen molar-refractivity contribution in [1.82, 2.24) is 30.3 Å². The number of carbonyl (C=O) groups excluding carboxylic acids is 1. The summed E-state index contributed by atoms with van der Waals surface area (Å²) in [5.41, 5.74) is 0.555. The minimum absolute atomic E-state index is 0.0630. The van der Waals surface area contributed by atoms with E-state index in [9.17, 15) is 9.59 Å². The molecule has 2 N–H and O–H groups in total. The Kier molecular flexibility index (Phi) is 5.59. The second kappa shape index (κ2) is 8.07. The molecule has 3 aromatic rings. The lowest BCUT2D eigenvalue weighted by Gasteiger charge is -2.06. The fraction of sp³-hybridized carbons (Fsp3) is 0.312. The molecule has 0 fully saturated rings. The average molecular weight is 377 g/mol. The van der Waals surface area contributed by atoms with E-state index >= 15 is 0 Å². The number of halogens is 1. The van der Waals surface area contributed by atoms with E-state index in [0.29, 0.717) is 24.6 Å². The van der Waals surface area contributed by atoms with Crippen LogP contribution in [0.25, 0.3) is 11.2 Å². The molecular formula is C16H17ClN6O3. The monoisotopic (exact) mass is 376 g/mol. The summed E-state index contributed by atoms with van der Waals surface area (Å²) < 4.78 is 6.36. The summed E-state index contributed by atoms with van der Waals surface area (Å²) in [5.74, 6) is -0.576. The molecule has 26 heavy (non-hydrogen) atoms. The number of hydrogen-bond donors (Lipinski definition) is 2. The summed E-state index contributed by atoms with van der Waals surface area (Å²) in [6, 6.07) is 7.27. The molecule has 0 aliphatic carbocycles. The van der Waals surface area contributed by atoms with Gasteiger partial charge >= 0.3 is 0 Å². The van der Waals surface area contributed by atoms with Gasteiger partial charge in [0.05, 0.1) is 6.54 Å². The lowest BCUT2D eigenvalue weighted by Crippen LogP contribution is -2.29. The van der Waals surface area contributed by atoms with Crippen LogP contribution in [0, 0.1) is 0 Å². The van der Waals surface area contributed by atoms with Gasteiger partial charge in [-0.2, -0.15) is 0 Å². The van der Waals surface area contributed by atoms with Crippen molar-refractivity contribution < 1.29 is 9.53 Å². The highest BCUT2D eigenvalue weighted by atomic mass is 35.5. The molecule has 0 bridgehead atoms. The first-order valence-corrected chi connectivity index (χ1v) is 8.32. The van der Waals surface area contributed by atoms with Crippen LogP contribution in [0.1, 0.15) is 22.6 Å². The number of nitrogens with zero attached hydrogens (tertiary/aromatic N) is 4. The van der Waals surface area contributed by atoms with Crippen LogP contribution in [0.5, 0.6) is 0 Å². The van der Waals surface area contributed by atoms with E-state index in [0.717, 1.165) is 5.56 Å². The molecule has 0 unspecified atom stereocenters.